The highest BCUT2D eigenvalue weighted by Gasteiger charge is 2.55. The molecule has 8 nitrogen and oxygen atoms in total. The third kappa shape index (κ3) is 5.97. The van der Waals surface area contributed by atoms with Crippen LogP contribution in [0.1, 0.15) is 90.1 Å². The van der Waals surface area contributed by atoms with E-state index in [0.29, 0.717) is 37.3 Å². The van der Waals surface area contributed by atoms with Gasteiger partial charge in [-0.25, -0.2) is 4.98 Å². The second-order valence-corrected chi connectivity index (χ2v) is 11.9. The van der Waals surface area contributed by atoms with Gasteiger partial charge in [-0.2, -0.15) is 0 Å². The molecule has 2 aliphatic heterocycles. The summed E-state index contributed by atoms with van der Waals surface area (Å²) in [5, 5.41) is 22.4. The predicted octanol–water partition coefficient (Wildman–Crippen LogP) is 4.71. The Labute approximate surface area is 225 Å². The first-order valence-corrected chi connectivity index (χ1v) is 14.0. The van der Waals surface area contributed by atoms with Crippen molar-refractivity contribution < 1.29 is 33.7 Å². The van der Waals surface area contributed by atoms with Gasteiger partial charge >= 0.3 is 5.97 Å². The van der Waals surface area contributed by atoms with Gasteiger partial charge in [0.15, 0.2) is 5.89 Å². The number of esters is 1. The first-order chi connectivity index (χ1) is 18.0. The lowest BCUT2D eigenvalue weighted by Gasteiger charge is -2.46. The van der Waals surface area contributed by atoms with Crippen molar-refractivity contribution in [1.82, 2.24) is 4.98 Å². The fourth-order valence-corrected chi connectivity index (χ4v) is 6.26. The monoisotopic (exact) mass is 529 g/mol. The zero-order valence-electron chi connectivity index (χ0n) is 23.2. The number of hydrogen-bond donors (Lipinski definition) is 2. The van der Waals surface area contributed by atoms with Crippen LogP contribution in [0.25, 0.3) is 6.08 Å². The van der Waals surface area contributed by atoms with Crippen molar-refractivity contribution >= 4 is 17.8 Å². The molecular weight excluding hydrogens is 486 g/mol. The number of rotatable bonds is 4. The SMILES string of the molecule is C=CC[C@H]1C(=O)C2(CCC2)[C@@H](O)CC(=O)O[C@H](C(C)=Cc2coc(C)n2)CC2OC2(C)CCC[C@H](C)[C@H]1O. The maximum absolute atomic E-state index is 13.8. The Balaban J connectivity index is 1.60. The molecule has 3 heterocycles. The summed E-state index contributed by atoms with van der Waals surface area (Å²) < 4.78 is 17.3. The summed E-state index contributed by atoms with van der Waals surface area (Å²) in [7, 11) is 0. The van der Waals surface area contributed by atoms with E-state index in [-0.39, 0.29) is 29.8 Å². The van der Waals surface area contributed by atoms with E-state index in [0.717, 1.165) is 31.3 Å². The number of hydrogen-bond acceptors (Lipinski definition) is 8. The van der Waals surface area contributed by atoms with Gasteiger partial charge in [0.2, 0.25) is 0 Å². The summed E-state index contributed by atoms with van der Waals surface area (Å²) >= 11 is 0. The number of aromatic nitrogens is 1. The minimum absolute atomic E-state index is 0.0752. The van der Waals surface area contributed by atoms with E-state index in [1.807, 2.05) is 19.9 Å². The van der Waals surface area contributed by atoms with Crippen molar-refractivity contribution in [2.24, 2.45) is 17.3 Å². The summed E-state index contributed by atoms with van der Waals surface area (Å²) in [6.45, 7) is 11.5. The average molecular weight is 530 g/mol. The van der Waals surface area contributed by atoms with Crippen molar-refractivity contribution in [3.8, 4) is 0 Å². The molecule has 0 bridgehead atoms. The number of fused-ring (bicyclic) bond motifs is 1. The molecule has 3 fully saturated rings. The van der Waals surface area contributed by atoms with Crippen LogP contribution in [-0.4, -0.2) is 57.0 Å². The van der Waals surface area contributed by atoms with Gasteiger partial charge in [-0.3, -0.25) is 9.59 Å². The van der Waals surface area contributed by atoms with Crippen molar-refractivity contribution in [1.29, 1.82) is 0 Å². The molecule has 38 heavy (non-hydrogen) atoms. The molecule has 2 saturated heterocycles. The molecule has 2 N–H and O–H groups in total. The molecule has 0 amide bonds. The predicted molar refractivity (Wildman–Crippen MR) is 142 cm³/mol. The minimum atomic E-state index is -1.18. The molecule has 2 unspecified atom stereocenters. The summed E-state index contributed by atoms with van der Waals surface area (Å²) in [6, 6.07) is 0. The second-order valence-electron chi connectivity index (χ2n) is 11.9. The van der Waals surface area contributed by atoms with Crippen LogP contribution in [0, 0.1) is 24.2 Å². The molecule has 1 spiro atoms. The Morgan fingerprint density at radius 1 is 1.24 bits per heavy atom. The van der Waals surface area contributed by atoms with Crippen molar-refractivity contribution in [2.75, 3.05) is 0 Å². The third-order valence-corrected chi connectivity index (χ3v) is 9.08. The van der Waals surface area contributed by atoms with Gasteiger partial charge in [0.25, 0.3) is 0 Å². The van der Waals surface area contributed by atoms with Gasteiger partial charge in [-0.15, -0.1) is 6.58 Å². The number of aryl methyl sites for hydroxylation is 1. The van der Waals surface area contributed by atoms with E-state index < -0.39 is 35.6 Å². The number of carbonyl (C=O) groups excluding carboxylic acids is 2. The number of carbonyl (C=O) groups is 2. The van der Waals surface area contributed by atoms with Gasteiger partial charge in [-0.1, -0.05) is 25.8 Å². The molecule has 7 atom stereocenters. The van der Waals surface area contributed by atoms with E-state index in [1.54, 1.807) is 19.3 Å². The lowest BCUT2D eigenvalue weighted by atomic mass is 9.58. The highest BCUT2D eigenvalue weighted by molar-refractivity contribution is 5.90. The lowest BCUT2D eigenvalue weighted by molar-refractivity contribution is -0.162. The minimum Gasteiger partial charge on any atom is -0.458 e. The first-order valence-electron chi connectivity index (χ1n) is 14.0. The molecule has 1 aromatic heterocycles. The molecule has 0 radical (unpaired) electrons. The van der Waals surface area contributed by atoms with Crippen LogP contribution >= 0.6 is 0 Å². The molecule has 0 aromatic carbocycles. The van der Waals surface area contributed by atoms with E-state index in [9.17, 15) is 19.8 Å². The Morgan fingerprint density at radius 3 is 2.58 bits per heavy atom. The van der Waals surface area contributed by atoms with Crippen molar-refractivity contribution in [3.63, 3.8) is 0 Å². The Bertz CT molecular complexity index is 1060. The van der Waals surface area contributed by atoms with Crippen molar-refractivity contribution in [2.45, 2.75) is 115 Å². The van der Waals surface area contributed by atoms with Gasteiger partial charge in [0.1, 0.15) is 23.8 Å². The van der Waals surface area contributed by atoms with Crippen LogP contribution in [0.4, 0.5) is 0 Å². The average Bonchev–Trinajstić information content (AvgIpc) is 3.26. The molecular formula is C30H43NO7. The molecule has 4 rings (SSSR count). The lowest BCUT2D eigenvalue weighted by Crippen LogP contribution is -2.53. The Morgan fingerprint density at radius 2 is 1.97 bits per heavy atom. The first kappa shape index (κ1) is 28.7. The molecule has 1 aromatic rings. The second kappa shape index (κ2) is 11.4. The van der Waals surface area contributed by atoms with Gasteiger partial charge < -0.3 is 24.1 Å². The molecule has 1 saturated carbocycles. The van der Waals surface area contributed by atoms with Crippen LogP contribution in [0.5, 0.6) is 0 Å². The number of cyclic esters (lactones) is 1. The van der Waals surface area contributed by atoms with Gasteiger partial charge in [0.05, 0.1) is 35.7 Å². The zero-order chi connectivity index (χ0) is 27.7. The highest BCUT2D eigenvalue weighted by Crippen LogP contribution is 2.49. The molecule has 210 valence electrons. The molecule has 1 aliphatic carbocycles. The van der Waals surface area contributed by atoms with Crippen LogP contribution in [0.15, 0.2) is 28.9 Å². The maximum Gasteiger partial charge on any atom is 0.309 e. The van der Waals surface area contributed by atoms with E-state index in [2.05, 4.69) is 18.5 Å². The number of Topliss-reactive ketones (excluding diaryl/α,β-unsaturated/α-hetero) is 1. The number of ketones is 1. The zero-order valence-corrected chi connectivity index (χ0v) is 23.2. The fourth-order valence-electron chi connectivity index (χ4n) is 6.26. The number of oxazole rings is 1. The Hall–Kier alpha value is -2.29. The van der Waals surface area contributed by atoms with E-state index in [4.69, 9.17) is 13.9 Å². The summed E-state index contributed by atoms with van der Waals surface area (Å²) in [4.78, 5) is 31.3. The van der Waals surface area contributed by atoms with Crippen LogP contribution < -0.4 is 0 Å². The third-order valence-electron chi connectivity index (χ3n) is 9.08. The number of ether oxygens (including phenoxy) is 2. The van der Waals surface area contributed by atoms with Gasteiger partial charge in [-0.05, 0) is 63.5 Å². The van der Waals surface area contributed by atoms with E-state index >= 15 is 0 Å². The number of aliphatic hydroxyl groups is 2. The van der Waals surface area contributed by atoms with Crippen LogP contribution in [0.2, 0.25) is 0 Å². The summed E-state index contributed by atoms with van der Waals surface area (Å²) in [5.74, 6) is -0.937. The molecule has 3 aliphatic rings. The highest BCUT2D eigenvalue weighted by atomic mass is 16.6. The van der Waals surface area contributed by atoms with Crippen molar-refractivity contribution in [3.05, 3.63) is 36.1 Å². The number of allylic oxidation sites excluding steroid dienone is 1. The van der Waals surface area contributed by atoms with Crippen LogP contribution in [0.3, 0.4) is 0 Å². The quantitative estimate of drug-likeness (QED) is 0.327. The van der Waals surface area contributed by atoms with E-state index in [1.165, 1.54) is 0 Å². The number of nitrogens with zero attached hydrogens (tertiary/aromatic N) is 1. The maximum atomic E-state index is 13.8. The normalized spacial score (nSPS) is 36.7. The fraction of sp³-hybridized carbons (Fsp3) is 0.700. The summed E-state index contributed by atoms with van der Waals surface area (Å²) in [5.41, 5.74) is 0.0735. The van der Waals surface area contributed by atoms with Gasteiger partial charge in [0, 0.05) is 19.3 Å². The summed E-state index contributed by atoms with van der Waals surface area (Å²) in [6.07, 6.45) is 7.12. The van der Waals surface area contributed by atoms with Crippen LogP contribution in [-0.2, 0) is 19.1 Å². The topological polar surface area (TPSA) is 122 Å². The number of epoxide rings is 1. The smallest absolute Gasteiger partial charge is 0.309 e. The standard InChI is InChI=1S/C30H43NO7/c1-6-9-22-27(34)18(2)10-7-11-29(5)25(38-29)15-23(19(3)14-21-17-36-20(4)31-21)37-26(33)16-24(32)30(28(22)35)12-8-13-30/h6,14,17-18,22-25,27,32,34H,1,7-13,15-16H2,2-5H3/t18-,22+,23-,24-,25?,27+,29?/m0/s1. The Kier molecular flexibility index (Phi) is 8.65. The molecule has 8 heteroatoms. The number of aliphatic hydroxyl groups excluding tert-OH is 2. The largest absolute Gasteiger partial charge is 0.458 e.